The zero-order valence-corrected chi connectivity index (χ0v) is 22.9. The smallest absolute Gasteiger partial charge is 0.258 e. The molecule has 3 heterocycles. The highest BCUT2D eigenvalue weighted by atomic mass is 32.2. The predicted octanol–water partition coefficient (Wildman–Crippen LogP) is 2.94. The number of hydrogen-bond acceptors (Lipinski definition) is 8. The number of carbonyl (C=O) groups excluding carboxylic acids is 2. The number of pyridine rings is 1. The fourth-order valence-electron chi connectivity index (χ4n) is 4.17. The van der Waals surface area contributed by atoms with Gasteiger partial charge in [0.05, 0.1) is 30.4 Å². The second-order valence-electron chi connectivity index (χ2n) is 9.21. The number of nitrogens with zero attached hydrogens (tertiary/aromatic N) is 3. The number of ether oxygens (including phenoxy) is 1. The number of aliphatic hydroxyl groups is 1. The third kappa shape index (κ3) is 5.73. The number of likely N-dealkylation sites (N-methyl/N-ethyl adjacent to an activating group) is 1. The zero-order chi connectivity index (χ0) is 27.4. The highest BCUT2D eigenvalue weighted by molar-refractivity contribution is 7.91. The van der Waals surface area contributed by atoms with Crippen molar-refractivity contribution in [2.45, 2.75) is 30.2 Å². The largest absolute Gasteiger partial charge is 0.486 e. The first-order valence-corrected chi connectivity index (χ1v) is 14.4. The summed E-state index contributed by atoms with van der Waals surface area (Å²) in [5.74, 6) is -0.938. The number of fused-ring (bicyclic) bond motifs is 1. The van der Waals surface area contributed by atoms with Gasteiger partial charge in [0.25, 0.3) is 21.8 Å². The van der Waals surface area contributed by atoms with Crippen molar-refractivity contribution in [1.82, 2.24) is 14.2 Å². The summed E-state index contributed by atoms with van der Waals surface area (Å²) in [6, 6.07) is 10.7. The van der Waals surface area contributed by atoms with Crippen LogP contribution in [0.4, 0.5) is 5.69 Å². The van der Waals surface area contributed by atoms with Gasteiger partial charge < -0.3 is 20.1 Å². The number of benzene rings is 1. The van der Waals surface area contributed by atoms with Crippen LogP contribution in [0.5, 0.6) is 5.75 Å². The Morgan fingerprint density at radius 3 is 2.66 bits per heavy atom. The summed E-state index contributed by atoms with van der Waals surface area (Å²) in [4.78, 5) is 32.0. The second kappa shape index (κ2) is 11.6. The highest BCUT2D eigenvalue weighted by Crippen LogP contribution is 2.35. The minimum Gasteiger partial charge on any atom is -0.486 e. The van der Waals surface area contributed by atoms with Gasteiger partial charge in [0.2, 0.25) is 0 Å². The maximum atomic E-state index is 13.6. The standard InChI is InChI=1S/C26H30N4O6S2/c1-17-14-30(18(2)16-31)26(33)20-6-4-7-21(28-25(32)19-9-11-27-12-10-19)24(20)36-22(17)15-29(3)38(34,35)23-8-5-13-37-23/h4-13,17-18,22,31H,14-16H2,1-3H3,(H,28,32)/t17-,18-,22+/m1/s1. The minimum atomic E-state index is -3.75. The molecule has 3 atom stereocenters. The lowest BCUT2D eigenvalue weighted by Gasteiger charge is -2.38. The summed E-state index contributed by atoms with van der Waals surface area (Å²) in [7, 11) is -2.26. The molecule has 38 heavy (non-hydrogen) atoms. The number of amides is 2. The summed E-state index contributed by atoms with van der Waals surface area (Å²) in [6.07, 6.45) is 2.33. The Kier molecular flexibility index (Phi) is 8.46. The topological polar surface area (TPSA) is 129 Å². The first-order chi connectivity index (χ1) is 18.1. The van der Waals surface area contributed by atoms with Crippen molar-refractivity contribution in [3.05, 3.63) is 71.4 Å². The molecule has 1 aliphatic rings. The molecule has 2 N–H and O–H groups in total. The van der Waals surface area contributed by atoms with Crippen LogP contribution in [0.3, 0.4) is 0 Å². The predicted molar refractivity (Wildman–Crippen MR) is 144 cm³/mol. The van der Waals surface area contributed by atoms with Gasteiger partial charge in [-0.2, -0.15) is 4.31 Å². The van der Waals surface area contributed by atoms with E-state index >= 15 is 0 Å². The quantitative estimate of drug-likeness (QED) is 0.435. The van der Waals surface area contributed by atoms with Crippen LogP contribution in [0.2, 0.25) is 0 Å². The first kappa shape index (κ1) is 27.7. The molecule has 12 heteroatoms. The SMILES string of the molecule is C[C@@H]1CN([C@H](C)CO)C(=O)c2cccc(NC(=O)c3ccncc3)c2O[C@H]1CN(C)S(=O)(=O)c1cccs1. The van der Waals surface area contributed by atoms with E-state index < -0.39 is 28.1 Å². The number of sulfonamides is 1. The van der Waals surface area contributed by atoms with Crippen LogP contribution in [0.25, 0.3) is 0 Å². The Hall–Kier alpha value is -3.32. The Balaban J connectivity index is 1.73. The molecule has 3 aromatic rings. The van der Waals surface area contributed by atoms with Crippen LogP contribution in [0.15, 0.2) is 64.4 Å². The van der Waals surface area contributed by atoms with Gasteiger partial charge in [-0.15, -0.1) is 11.3 Å². The molecule has 0 aliphatic carbocycles. The summed E-state index contributed by atoms with van der Waals surface area (Å²) >= 11 is 1.13. The van der Waals surface area contributed by atoms with E-state index in [0.29, 0.717) is 5.56 Å². The summed E-state index contributed by atoms with van der Waals surface area (Å²) in [5, 5.41) is 14.4. The minimum absolute atomic E-state index is 0.00299. The first-order valence-electron chi connectivity index (χ1n) is 12.1. The van der Waals surface area contributed by atoms with Crippen molar-refractivity contribution < 1.29 is 27.9 Å². The van der Waals surface area contributed by atoms with Crippen molar-refractivity contribution in [2.75, 3.05) is 32.1 Å². The lowest BCUT2D eigenvalue weighted by molar-refractivity contribution is 0.0388. The number of aliphatic hydroxyl groups excluding tert-OH is 1. The molecule has 2 aromatic heterocycles. The van der Waals surface area contributed by atoms with Crippen LogP contribution in [-0.2, 0) is 10.0 Å². The van der Waals surface area contributed by atoms with Crippen molar-refractivity contribution in [3.8, 4) is 5.75 Å². The maximum absolute atomic E-state index is 13.6. The molecule has 0 fully saturated rings. The lowest BCUT2D eigenvalue weighted by Crippen LogP contribution is -2.50. The Morgan fingerprint density at radius 2 is 2.00 bits per heavy atom. The molecular weight excluding hydrogens is 528 g/mol. The molecule has 0 unspecified atom stereocenters. The molecule has 10 nitrogen and oxygen atoms in total. The maximum Gasteiger partial charge on any atom is 0.258 e. The summed E-state index contributed by atoms with van der Waals surface area (Å²) in [5.41, 5.74) is 0.854. The molecule has 2 amide bonds. The van der Waals surface area contributed by atoms with E-state index in [1.165, 1.54) is 23.7 Å². The lowest BCUT2D eigenvalue weighted by atomic mass is 9.99. The van der Waals surface area contributed by atoms with Gasteiger partial charge in [0, 0.05) is 37.5 Å². The van der Waals surface area contributed by atoms with Crippen molar-refractivity contribution in [3.63, 3.8) is 0 Å². The van der Waals surface area contributed by atoms with Crippen LogP contribution >= 0.6 is 11.3 Å². The molecule has 1 aromatic carbocycles. The van der Waals surface area contributed by atoms with Gasteiger partial charge in [-0.05, 0) is 42.6 Å². The molecule has 0 spiro atoms. The number of aromatic nitrogens is 1. The molecule has 0 saturated heterocycles. The van der Waals surface area contributed by atoms with Gasteiger partial charge in [-0.1, -0.05) is 19.1 Å². The van der Waals surface area contributed by atoms with Gasteiger partial charge >= 0.3 is 0 Å². The molecule has 0 saturated carbocycles. The fraction of sp³-hybridized carbons (Fsp3) is 0.346. The van der Waals surface area contributed by atoms with Gasteiger partial charge in [0.1, 0.15) is 10.3 Å². The third-order valence-corrected chi connectivity index (χ3v) is 9.67. The van der Waals surface area contributed by atoms with E-state index in [1.807, 2.05) is 6.92 Å². The highest BCUT2D eigenvalue weighted by Gasteiger charge is 2.36. The number of rotatable bonds is 8. The number of carbonyl (C=O) groups is 2. The third-order valence-electron chi connectivity index (χ3n) is 6.48. The van der Waals surface area contributed by atoms with E-state index in [1.54, 1.807) is 59.7 Å². The van der Waals surface area contributed by atoms with E-state index in [4.69, 9.17) is 4.74 Å². The number of nitrogens with one attached hydrogen (secondary N) is 1. The molecule has 0 radical (unpaired) electrons. The van der Waals surface area contributed by atoms with E-state index in [2.05, 4.69) is 10.3 Å². The molecule has 4 rings (SSSR count). The van der Waals surface area contributed by atoms with Crippen LogP contribution in [-0.4, -0.2) is 78.4 Å². The van der Waals surface area contributed by atoms with Crippen molar-refractivity contribution in [1.29, 1.82) is 0 Å². The van der Waals surface area contributed by atoms with Gasteiger partial charge in [0.15, 0.2) is 5.75 Å². The molecule has 202 valence electrons. The number of para-hydroxylation sites is 1. The zero-order valence-electron chi connectivity index (χ0n) is 21.3. The monoisotopic (exact) mass is 558 g/mol. The number of thiophene rings is 1. The Bertz CT molecular complexity index is 1380. The number of hydrogen-bond donors (Lipinski definition) is 2. The van der Waals surface area contributed by atoms with Crippen LogP contribution in [0.1, 0.15) is 34.6 Å². The van der Waals surface area contributed by atoms with E-state index in [0.717, 1.165) is 11.3 Å². The normalized spacial score (nSPS) is 18.8. The van der Waals surface area contributed by atoms with Crippen molar-refractivity contribution in [2.24, 2.45) is 5.92 Å². The van der Waals surface area contributed by atoms with E-state index in [-0.39, 0.29) is 52.7 Å². The van der Waals surface area contributed by atoms with Gasteiger partial charge in [-0.3, -0.25) is 14.6 Å². The van der Waals surface area contributed by atoms with Crippen LogP contribution < -0.4 is 10.1 Å². The Morgan fingerprint density at radius 1 is 1.26 bits per heavy atom. The molecule has 1 aliphatic heterocycles. The number of anilines is 1. The molecule has 0 bridgehead atoms. The molecular formula is C26H30N4O6S2. The fourth-order valence-corrected chi connectivity index (χ4v) is 6.56. The van der Waals surface area contributed by atoms with Crippen LogP contribution in [0, 0.1) is 5.92 Å². The van der Waals surface area contributed by atoms with Crippen molar-refractivity contribution >= 4 is 38.9 Å². The summed E-state index contributed by atoms with van der Waals surface area (Å²) < 4.78 is 34.1. The van der Waals surface area contributed by atoms with Gasteiger partial charge in [-0.25, -0.2) is 8.42 Å². The average Bonchev–Trinajstić information content (AvgIpc) is 3.47. The average molecular weight is 559 g/mol. The second-order valence-corrected chi connectivity index (χ2v) is 12.4. The van der Waals surface area contributed by atoms with E-state index in [9.17, 15) is 23.1 Å². The Labute approximate surface area is 225 Å². The summed E-state index contributed by atoms with van der Waals surface area (Å²) in [6.45, 7) is 3.60.